The van der Waals surface area contributed by atoms with E-state index in [4.69, 9.17) is 4.74 Å². The molecule has 0 saturated heterocycles. The third kappa shape index (κ3) is 3.44. The topological polar surface area (TPSA) is 34.1 Å². The van der Waals surface area contributed by atoms with E-state index >= 15 is 0 Å². The largest absolute Gasteiger partial charge is 0.497 e. The fourth-order valence-corrected chi connectivity index (χ4v) is 3.51. The molecular weight excluding hydrogens is 280 g/mol. The molecule has 1 aromatic carbocycles. The molecule has 0 radical (unpaired) electrons. The summed E-state index contributed by atoms with van der Waals surface area (Å²) >= 11 is 1.74. The van der Waals surface area contributed by atoms with Crippen LogP contribution in [0.3, 0.4) is 0 Å². The number of methoxy groups -OCH3 is 1. The Bertz CT molecular complexity index is 549. The summed E-state index contributed by atoms with van der Waals surface area (Å²) in [6, 6.07) is 9.24. The van der Waals surface area contributed by atoms with Gasteiger partial charge in [0.1, 0.15) is 10.8 Å². The van der Waals surface area contributed by atoms with Gasteiger partial charge in [-0.25, -0.2) is 4.98 Å². The molecule has 1 N–H and O–H groups in total. The first-order valence-electron chi connectivity index (χ1n) is 7.61. The first kappa shape index (κ1) is 14.5. The van der Waals surface area contributed by atoms with Gasteiger partial charge in [0, 0.05) is 17.6 Å². The molecule has 2 aromatic rings. The molecule has 0 bridgehead atoms. The van der Waals surface area contributed by atoms with Crippen LogP contribution in [0.5, 0.6) is 5.75 Å². The van der Waals surface area contributed by atoms with Crippen molar-refractivity contribution in [2.45, 2.75) is 38.3 Å². The first-order valence-corrected chi connectivity index (χ1v) is 8.49. The summed E-state index contributed by atoms with van der Waals surface area (Å²) < 4.78 is 5.26. The van der Waals surface area contributed by atoms with E-state index in [0.29, 0.717) is 12.1 Å². The van der Waals surface area contributed by atoms with Gasteiger partial charge in [0.15, 0.2) is 0 Å². The van der Waals surface area contributed by atoms with E-state index < -0.39 is 0 Å². The van der Waals surface area contributed by atoms with Crippen LogP contribution in [0.4, 0.5) is 0 Å². The lowest BCUT2D eigenvalue weighted by Crippen LogP contribution is -2.27. The van der Waals surface area contributed by atoms with Gasteiger partial charge in [-0.3, -0.25) is 0 Å². The van der Waals surface area contributed by atoms with Crippen molar-refractivity contribution in [2.75, 3.05) is 7.11 Å². The lowest BCUT2D eigenvalue weighted by atomic mass is 10.0. The van der Waals surface area contributed by atoms with Crippen LogP contribution in [0.1, 0.15) is 48.8 Å². The van der Waals surface area contributed by atoms with Crippen LogP contribution < -0.4 is 10.1 Å². The van der Waals surface area contributed by atoms with Gasteiger partial charge in [-0.1, -0.05) is 19.1 Å². The Kier molecular flexibility index (Phi) is 4.56. The molecule has 1 saturated carbocycles. The van der Waals surface area contributed by atoms with E-state index in [1.807, 2.05) is 6.20 Å². The Morgan fingerprint density at radius 3 is 2.62 bits per heavy atom. The smallest absolute Gasteiger partial charge is 0.118 e. The molecule has 1 aliphatic carbocycles. The van der Waals surface area contributed by atoms with Crippen molar-refractivity contribution in [3.8, 4) is 5.75 Å². The summed E-state index contributed by atoms with van der Waals surface area (Å²) in [7, 11) is 1.71. The molecule has 0 aliphatic heterocycles. The maximum atomic E-state index is 5.26. The van der Waals surface area contributed by atoms with E-state index in [2.05, 4.69) is 46.9 Å². The number of nitrogens with zero attached hydrogens (tertiary/aromatic N) is 1. The molecular formula is C17H22N2OS. The van der Waals surface area contributed by atoms with E-state index in [9.17, 15) is 0 Å². The highest BCUT2D eigenvalue weighted by atomic mass is 32.1. The average molecular weight is 302 g/mol. The van der Waals surface area contributed by atoms with Gasteiger partial charge in [0.25, 0.3) is 0 Å². The number of hydrogen-bond donors (Lipinski definition) is 1. The standard InChI is InChI=1S/C17H22N2OS/c1-3-15(17-18-10-11-21-17)19-16(12-4-5-12)13-6-8-14(20-2)9-7-13/h6-12,15-16,19H,3-5H2,1-2H3. The molecule has 0 spiro atoms. The molecule has 1 aliphatic rings. The summed E-state index contributed by atoms with van der Waals surface area (Å²) in [6.45, 7) is 2.22. The average Bonchev–Trinajstić information content (AvgIpc) is 3.23. The monoisotopic (exact) mass is 302 g/mol. The van der Waals surface area contributed by atoms with Crippen LogP contribution in [0.2, 0.25) is 0 Å². The van der Waals surface area contributed by atoms with Crippen molar-refractivity contribution in [1.82, 2.24) is 10.3 Å². The SMILES string of the molecule is CCC(NC(c1ccc(OC)cc1)C1CC1)c1nccs1. The van der Waals surface area contributed by atoms with Gasteiger partial charge in [-0.05, 0) is 42.9 Å². The maximum absolute atomic E-state index is 5.26. The van der Waals surface area contributed by atoms with Crippen molar-refractivity contribution in [3.05, 3.63) is 46.4 Å². The number of ether oxygens (including phenoxy) is 1. The van der Waals surface area contributed by atoms with Gasteiger partial charge in [0.05, 0.1) is 13.2 Å². The number of nitrogens with one attached hydrogen (secondary N) is 1. The summed E-state index contributed by atoms with van der Waals surface area (Å²) in [5.41, 5.74) is 1.35. The highest BCUT2D eigenvalue weighted by Crippen LogP contribution is 2.42. The molecule has 3 rings (SSSR count). The van der Waals surface area contributed by atoms with E-state index in [0.717, 1.165) is 18.1 Å². The third-order valence-electron chi connectivity index (χ3n) is 4.11. The van der Waals surface area contributed by atoms with Crippen LogP contribution >= 0.6 is 11.3 Å². The number of rotatable bonds is 7. The molecule has 2 unspecified atom stereocenters. The Labute approximate surface area is 130 Å². The number of benzene rings is 1. The van der Waals surface area contributed by atoms with Gasteiger partial charge < -0.3 is 10.1 Å². The third-order valence-corrected chi connectivity index (χ3v) is 5.00. The maximum Gasteiger partial charge on any atom is 0.118 e. The van der Waals surface area contributed by atoms with Gasteiger partial charge in [0.2, 0.25) is 0 Å². The van der Waals surface area contributed by atoms with Gasteiger partial charge in [-0.15, -0.1) is 11.3 Å². The fraction of sp³-hybridized carbons (Fsp3) is 0.471. The van der Waals surface area contributed by atoms with Crippen molar-refractivity contribution in [3.63, 3.8) is 0 Å². The molecule has 21 heavy (non-hydrogen) atoms. The molecule has 4 heteroatoms. The van der Waals surface area contributed by atoms with Crippen LogP contribution in [-0.4, -0.2) is 12.1 Å². The van der Waals surface area contributed by atoms with Crippen LogP contribution in [0, 0.1) is 5.92 Å². The van der Waals surface area contributed by atoms with E-state index in [1.165, 1.54) is 23.4 Å². The molecule has 1 aromatic heterocycles. The minimum Gasteiger partial charge on any atom is -0.497 e. The van der Waals surface area contributed by atoms with Crippen molar-refractivity contribution in [1.29, 1.82) is 0 Å². The highest BCUT2D eigenvalue weighted by molar-refractivity contribution is 7.09. The second-order valence-electron chi connectivity index (χ2n) is 5.59. The van der Waals surface area contributed by atoms with Crippen LogP contribution in [0.15, 0.2) is 35.8 Å². The molecule has 1 heterocycles. The Morgan fingerprint density at radius 2 is 2.10 bits per heavy atom. The Hall–Kier alpha value is -1.39. The minimum absolute atomic E-state index is 0.345. The van der Waals surface area contributed by atoms with Crippen molar-refractivity contribution < 1.29 is 4.74 Å². The summed E-state index contributed by atoms with van der Waals surface area (Å²) in [5.74, 6) is 1.67. The van der Waals surface area contributed by atoms with Crippen molar-refractivity contribution in [2.24, 2.45) is 5.92 Å². The summed E-state index contributed by atoms with van der Waals surface area (Å²) in [4.78, 5) is 4.48. The van der Waals surface area contributed by atoms with E-state index in [-0.39, 0.29) is 0 Å². The van der Waals surface area contributed by atoms with E-state index in [1.54, 1.807) is 18.4 Å². The fourth-order valence-electron chi connectivity index (χ4n) is 2.73. The summed E-state index contributed by atoms with van der Waals surface area (Å²) in [5, 5.41) is 7.08. The second kappa shape index (κ2) is 6.58. The first-order chi connectivity index (χ1) is 10.3. The van der Waals surface area contributed by atoms with Gasteiger partial charge >= 0.3 is 0 Å². The molecule has 0 amide bonds. The van der Waals surface area contributed by atoms with Gasteiger partial charge in [-0.2, -0.15) is 0 Å². The summed E-state index contributed by atoms with van der Waals surface area (Å²) in [6.07, 6.45) is 5.59. The molecule has 2 atom stereocenters. The second-order valence-corrected chi connectivity index (χ2v) is 6.51. The normalized spacial score (nSPS) is 17.4. The lowest BCUT2D eigenvalue weighted by molar-refractivity contribution is 0.398. The minimum atomic E-state index is 0.345. The number of thiazole rings is 1. The van der Waals surface area contributed by atoms with Crippen LogP contribution in [0.25, 0.3) is 0 Å². The van der Waals surface area contributed by atoms with Crippen molar-refractivity contribution >= 4 is 11.3 Å². The molecule has 1 fully saturated rings. The zero-order valence-corrected chi connectivity index (χ0v) is 13.4. The quantitative estimate of drug-likeness (QED) is 0.826. The molecule has 3 nitrogen and oxygen atoms in total. The Morgan fingerprint density at radius 1 is 1.33 bits per heavy atom. The zero-order valence-electron chi connectivity index (χ0n) is 12.6. The number of aromatic nitrogens is 1. The predicted molar refractivity (Wildman–Crippen MR) is 86.7 cm³/mol. The zero-order chi connectivity index (χ0) is 14.7. The lowest BCUT2D eigenvalue weighted by Gasteiger charge is -2.24. The molecule has 112 valence electrons. The van der Waals surface area contributed by atoms with Crippen LogP contribution in [-0.2, 0) is 0 Å². The number of hydrogen-bond acceptors (Lipinski definition) is 4. The highest BCUT2D eigenvalue weighted by Gasteiger charge is 2.34. The Balaban J connectivity index is 1.77. The predicted octanol–water partition coefficient (Wildman–Crippen LogP) is 4.34.